The van der Waals surface area contributed by atoms with Gasteiger partial charge in [0.05, 0.1) is 0 Å². The molecule has 5 rings (SSSR count). The minimum Gasteiger partial charge on any atom is -0.436 e. The number of hydrogen-bond acceptors (Lipinski definition) is 4. The fourth-order valence-corrected chi connectivity index (χ4v) is 5.05. The standard InChI is InChI=1S/C31H33N3O3/c1-20-7-9-25(10-8-20)30-33-27-18-26(11-12-28(27)37-30)31(36)34-15-13-24(14-16-34)22(3)29(35)32-19-23-6-4-5-21(2)17-23/h4-12,17-18,22,24H,13-16,19H2,1-3H3,(H,32,35)/t22-/m0/s1. The van der Waals surface area contributed by atoms with Crippen molar-refractivity contribution < 1.29 is 14.0 Å². The van der Waals surface area contributed by atoms with E-state index >= 15 is 0 Å². The molecule has 2 amide bonds. The zero-order chi connectivity index (χ0) is 25.9. The normalized spacial score (nSPS) is 15.1. The summed E-state index contributed by atoms with van der Waals surface area (Å²) in [6, 6.07) is 21.6. The summed E-state index contributed by atoms with van der Waals surface area (Å²) in [4.78, 5) is 32.5. The first-order valence-electron chi connectivity index (χ1n) is 13.0. The Morgan fingerprint density at radius 1 is 1.00 bits per heavy atom. The van der Waals surface area contributed by atoms with E-state index in [2.05, 4.69) is 29.4 Å². The average Bonchev–Trinajstić information content (AvgIpc) is 3.35. The van der Waals surface area contributed by atoms with Crippen LogP contribution >= 0.6 is 0 Å². The molecule has 3 aromatic carbocycles. The molecular formula is C31H33N3O3. The van der Waals surface area contributed by atoms with Crippen molar-refractivity contribution in [3.8, 4) is 11.5 Å². The minimum absolute atomic E-state index is 0.00297. The molecule has 0 unspecified atom stereocenters. The Bertz CT molecular complexity index is 1420. The maximum Gasteiger partial charge on any atom is 0.253 e. The first kappa shape index (κ1) is 24.8. The molecule has 190 valence electrons. The minimum atomic E-state index is -0.0891. The van der Waals surface area contributed by atoms with Gasteiger partial charge < -0.3 is 14.6 Å². The van der Waals surface area contributed by atoms with Crippen LogP contribution in [0.4, 0.5) is 0 Å². The number of aromatic nitrogens is 1. The van der Waals surface area contributed by atoms with Crippen LogP contribution in [0.1, 0.15) is 46.8 Å². The molecule has 6 heteroatoms. The average molecular weight is 496 g/mol. The summed E-state index contributed by atoms with van der Waals surface area (Å²) in [6.07, 6.45) is 1.63. The van der Waals surface area contributed by atoms with E-state index in [1.54, 1.807) is 0 Å². The summed E-state index contributed by atoms with van der Waals surface area (Å²) in [5.74, 6) is 0.796. The molecule has 37 heavy (non-hydrogen) atoms. The highest BCUT2D eigenvalue weighted by atomic mass is 16.3. The maximum absolute atomic E-state index is 13.2. The Hall–Kier alpha value is -3.93. The number of nitrogens with one attached hydrogen (secondary N) is 1. The highest BCUT2D eigenvalue weighted by molar-refractivity contribution is 5.97. The van der Waals surface area contributed by atoms with Gasteiger partial charge in [0, 0.05) is 36.7 Å². The van der Waals surface area contributed by atoms with Crippen LogP contribution in [0.5, 0.6) is 0 Å². The Labute approximate surface area is 217 Å². The SMILES string of the molecule is Cc1ccc(-c2nc3cc(C(=O)N4CCC([C@H](C)C(=O)NCc5cccc(C)c5)CC4)ccc3o2)cc1. The van der Waals surface area contributed by atoms with Crippen LogP contribution in [-0.4, -0.2) is 34.8 Å². The lowest BCUT2D eigenvalue weighted by Crippen LogP contribution is -2.42. The van der Waals surface area contributed by atoms with Gasteiger partial charge in [0.15, 0.2) is 5.58 Å². The van der Waals surface area contributed by atoms with Crippen molar-refractivity contribution in [2.75, 3.05) is 13.1 Å². The second-order valence-electron chi connectivity index (χ2n) is 10.2. The fraction of sp³-hybridized carbons (Fsp3) is 0.323. The Morgan fingerprint density at radius 2 is 1.76 bits per heavy atom. The monoisotopic (exact) mass is 495 g/mol. The molecule has 1 aliphatic heterocycles. The smallest absolute Gasteiger partial charge is 0.253 e. The lowest BCUT2D eigenvalue weighted by atomic mass is 9.84. The van der Waals surface area contributed by atoms with Crippen molar-refractivity contribution >= 4 is 22.9 Å². The Morgan fingerprint density at radius 3 is 2.49 bits per heavy atom. The number of oxazole rings is 1. The lowest BCUT2D eigenvalue weighted by molar-refractivity contribution is -0.126. The van der Waals surface area contributed by atoms with Crippen LogP contribution in [0.2, 0.25) is 0 Å². The molecule has 0 saturated carbocycles. The van der Waals surface area contributed by atoms with Crippen LogP contribution in [0, 0.1) is 25.7 Å². The van der Waals surface area contributed by atoms with Crippen LogP contribution in [0.3, 0.4) is 0 Å². The molecule has 6 nitrogen and oxygen atoms in total. The number of piperidine rings is 1. The summed E-state index contributed by atoms with van der Waals surface area (Å²) in [6.45, 7) is 7.92. The number of hydrogen-bond donors (Lipinski definition) is 1. The number of nitrogens with zero attached hydrogens (tertiary/aromatic N) is 2. The third-order valence-electron chi connectivity index (χ3n) is 7.43. The van der Waals surface area contributed by atoms with Gasteiger partial charge in [-0.15, -0.1) is 0 Å². The van der Waals surface area contributed by atoms with Crippen molar-refractivity contribution in [3.05, 3.63) is 89.0 Å². The van der Waals surface area contributed by atoms with Crippen molar-refractivity contribution in [1.82, 2.24) is 15.2 Å². The topological polar surface area (TPSA) is 75.4 Å². The molecule has 0 radical (unpaired) electrons. The van der Waals surface area contributed by atoms with E-state index in [-0.39, 0.29) is 23.7 Å². The fourth-order valence-electron chi connectivity index (χ4n) is 5.05. The molecule has 2 heterocycles. The summed E-state index contributed by atoms with van der Waals surface area (Å²) in [5, 5.41) is 3.08. The second-order valence-corrected chi connectivity index (χ2v) is 10.2. The van der Waals surface area contributed by atoms with Gasteiger partial charge in [-0.1, -0.05) is 54.4 Å². The number of benzene rings is 3. The first-order chi connectivity index (χ1) is 17.9. The molecule has 4 aromatic rings. The molecule has 1 aromatic heterocycles. The van der Waals surface area contributed by atoms with E-state index in [4.69, 9.17) is 4.42 Å². The molecule has 1 fully saturated rings. The van der Waals surface area contributed by atoms with Gasteiger partial charge >= 0.3 is 0 Å². The molecule has 1 atom stereocenters. The molecule has 0 bridgehead atoms. The predicted molar refractivity (Wildman–Crippen MR) is 145 cm³/mol. The third kappa shape index (κ3) is 5.58. The zero-order valence-corrected chi connectivity index (χ0v) is 21.7. The number of amides is 2. The number of fused-ring (bicyclic) bond motifs is 1. The summed E-state index contributed by atoms with van der Waals surface area (Å²) < 4.78 is 5.92. The number of rotatable bonds is 6. The van der Waals surface area contributed by atoms with Crippen molar-refractivity contribution in [2.45, 2.75) is 40.2 Å². The summed E-state index contributed by atoms with van der Waals surface area (Å²) in [5.41, 5.74) is 6.33. The van der Waals surface area contributed by atoms with Gasteiger partial charge in [-0.3, -0.25) is 9.59 Å². The van der Waals surface area contributed by atoms with E-state index in [9.17, 15) is 9.59 Å². The lowest BCUT2D eigenvalue weighted by Gasteiger charge is -2.34. The number of likely N-dealkylation sites (tertiary alicyclic amines) is 1. The van der Waals surface area contributed by atoms with Gasteiger partial charge in [-0.25, -0.2) is 4.98 Å². The van der Waals surface area contributed by atoms with Crippen molar-refractivity contribution in [3.63, 3.8) is 0 Å². The van der Waals surface area contributed by atoms with E-state index in [0.717, 1.165) is 24.0 Å². The van der Waals surface area contributed by atoms with E-state index in [1.807, 2.05) is 73.3 Å². The number of aryl methyl sites for hydroxylation is 2. The summed E-state index contributed by atoms with van der Waals surface area (Å²) >= 11 is 0. The van der Waals surface area contributed by atoms with Crippen LogP contribution in [0.15, 0.2) is 71.1 Å². The number of carbonyl (C=O) groups excluding carboxylic acids is 2. The summed E-state index contributed by atoms with van der Waals surface area (Å²) in [7, 11) is 0. The Kier molecular flexibility index (Phi) is 7.08. The molecule has 1 saturated heterocycles. The quantitative estimate of drug-likeness (QED) is 0.360. The van der Waals surface area contributed by atoms with Crippen LogP contribution in [-0.2, 0) is 11.3 Å². The van der Waals surface area contributed by atoms with Gasteiger partial charge in [0.1, 0.15) is 5.52 Å². The van der Waals surface area contributed by atoms with Gasteiger partial charge in [0.2, 0.25) is 11.8 Å². The second kappa shape index (κ2) is 10.6. The molecule has 1 N–H and O–H groups in total. The molecule has 0 spiro atoms. The first-order valence-corrected chi connectivity index (χ1v) is 13.0. The van der Waals surface area contributed by atoms with Crippen LogP contribution < -0.4 is 5.32 Å². The van der Waals surface area contributed by atoms with E-state index < -0.39 is 0 Å². The molecule has 0 aliphatic carbocycles. The van der Waals surface area contributed by atoms with Crippen LogP contribution in [0.25, 0.3) is 22.6 Å². The highest BCUT2D eigenvalue weighted by Gasteiger charge is 2.30. The van der Waals surface area contributed by atoms with Crippen molar-refractivity contribution in [2.24, 2.45) is 11.8 Å². The largest absolute Gasteiger partial charge is 0.436 e. The third-order valence-corrected chi connectivity index (χ3v) is 7.43. The highest BCUT2D eigenvalue weighted by Crippen LogP contribution is 2.28. The van der Waals surface area contributed by atoms with Gasteiger partial charge in [-0.05, 0) is 68.5 Å². The van der Waals surface area contributed by atoms with E-state index in [0.29, 0.717) is 42.2 Å². The molecular weight excluding hydrogens is 462 g/mol. The predicted octanol–water partition coefficient (Wildman–Crippen LogP) is 5.92. The Balaban J connectivity index is 1.18. The van der Waals surface area contributed by atoms with Crippen molar-refractivity contribution in [1.29, 1.82) is 0 Å². The van der Waals surface area contributed by atoms with Gasteiger partial charge in [-0.2, -0.15) is 0 Å². The zero-order valence-electron chi connectivity index (χ0n) is 21.7. The maximum atomic E-state index is 13.2. The van der Waals surface area contributed by atoms with Gasteiger partial charge in [0.25, 0.3) is 5.91 Å². The molecule has 1 aliphatic rings. The number of carbonyl (C=O) groups is 2. The van der Waals surface area contributed by atoms with E-state index in [1.165, 1.54) is 11.1 Å².